The lowest BCUT2D eigenvalue weighted by atomic mass is 10.1. The summed E-state index contributed by atoms with van der Waals surface area (Å²) in [6.07, 6.45) is 6.08. The van der Waals surface area contributed by atoms with Gasteiger partial charge in [0.1, 0.15) is 18.1 Å². The Kier molecular flexibility index (Phi) is 2.79. The van der Waals surface area contributed by atoms with Crippen molar-refractivity contribution in [2.45, 2.75) is 12.5 Å². The van der Waals surface area contributed by atoms with E-state index in [2.05, 4.69) is 25.9 Å². The van der Waals surface area contributed by atoms with Crippen molar-refractivity contribution in [1.82, 2.24) is 9.97 Å². The van der Waals surface area contributed by atoms with Crippen LogP contribution in [0.1, 0.15) is 18.2 Å². The second-order valence-electron chi connectivity index (χ2n) is 2.98. The van der Waals surface area contributed by atoms with Crippen LogP contribution in [0, 0.1) is 0 Å². The highest BCUT2D eigenvalue weighted by molar-refractivity contribution is 9.10. The molecule has 4 nitrogen and oxygen atoms in total. The zero-order chi connectivity index (χ0) is 9.97. The second kappa shape index (κ2) is 4.06. The van der Waals surface area contributed by atoms with Crippen LogP contribution >= 0.6 is 15.9 Å². The van der Waals surface area contributed by atoms with Crippen LogP contribution in [0.2, 0.25) is 0 Å². The standard InChI is InChI=1S/C9H10BrN3O/c10-6-4-12-5-13-9(6)8(11)7-2-1-3-14-7/h2,4-5,8H,1,3,11H2. The van der Waals surface area contributed by atoms with Crippen molar-refractivity contribution in [2.75, 3.05) is 6.61 Å². The number of aromatic nitrogens is 2. The number of hydrogen-bond acceptors (Lipinski definition) is 4. The number of rotatable bonds is 2. The minimum absolute atomic E-state index is 0.296. The van der Waals surface area contributed by atoms with Gasteiger partial charge in [-0.1, -0.05) is 0 Å². The van der Waals surface area contributed by atoms with Gasteiger partial charge in [-0.25, -0.2) is 9.97 Å². The lowest BCUT2D eigenvalue weighted by molar-refractivity contribution is 0.224. The first-order valence-corrected chi connectivity index (χ1v) is 5.12. The maximum atomic E-state index is 5.99. The van der Waals surface area contributed by atoms with Gasteiger partial charge in [0, 0.05) is 12.6 Å². The van der Waals surface area contributed by atoms with E-state index in [9.17, 15) is 0 Å². The van der Waals surface area contributed by atoms with E-state index >= 15 is 0 Å². The Hall–Kier alpha value is -0.940. The quantitative estimate of drug-likeness (QED) is 0.871. The molecule has 0 saturated carbocycles. The summed E-state index contributed by atoms with van der Waals surface area (Å²) in [5, 5.41) is 0. The Morgan fingerprint density at radius 1 is 1.57 bits per heavy atom. The summed E-state index contributed by atoms with van der Waals surface area (Å²) in [6, 6.07) is -0.296. The van der Waals surface area contributed by atoms with Gasteiger partial charge in [-0.3, -0.25) is 0 Å². The third kappa shape index (κ3) is 1.78. The van der Waals surface area contributed by atoms with Gasteiger partial charge in [0.15, 0.2) is 0 Å². The average Bonchev–Trinajstić information content (AvgIpc) is 2.70. The van der Waals surface area contributed by atoms with Gasteiger partial charge in [-0.05, 0) is 22.0 Å². The highest BCUT2D eigenvalue weighted by Gasteiger charge is 2.19. The van der Waals surface area contributed by atoms with Crippen LogP contribution in [-0.2, 0) is 4.74 Å². The lowest BCUT2D eigenvalue weighted by Crippen LogP contribution is -2.16. The van der Waals surface area contributed by atoms with Gasteiger partial charge in [0.25, 0.3) is 0 Å². The maximum absolute atomic E-state index is 5.99. The number of nitrogens with two attached hydrogens (primary N) is 1. The summed E-state index contributed by atoms with van der Waals surface area (Å²) in [5.74, 6) is 0.796. The van der Waals surface area contributed by atoms with Crippen molar-refractivity contribution in [2.24, 2.45) is 5.73 Å². The summed E-state index contributed by atoms with van der Waals surface area (Å²) < 4.78 is 6.19. The van der Waals surface area contributed by atoms with Crippen molar-refractivity contribution < 1.29 is 4.74 Å². The van der Waals surface area contributed by atoms with Crippen LogP contribution in [0.25, 0.3) is 0 Å². The minimum atomic E-state index is -0.296. The normalized spacial score (nSPS) is 17.4. The third-order valence-corrected chi connectivity index (χ3v) is 2.64. The van der Waals surface area contributed by atoms with Crippen LogP contribution in [0.3, 0.4) is 0 Å². The first kappa shape index (κ1) is 9.61. The Morgan fingerprint density at radius 3 is 3.07 bits per heavy atom. The molecule has 1 aromatic rings. The molecule has 0 saturated heterocycles. The van der Waals surface area contributed by atoms with Gasteiger partial charge < -0.3 is 10.5 Å². The fourth-order valence-electron chi connectivity index (χ4n) is 1.34. The molecule has 0 spiro atoms. The van der Waals surface area contributed by atoms with Gasteiger partial charge in [-0.2, -0.15) is 0 Å². The predicted octanol–water partition coefficient (Wildman–Crippen LogP) is 1.54. The Balaban J connectivity index is 2.26. The Labute approximate surface area is 90.3 Å². The van der Waals surface area contributed by atoms with Crippen molar-refractivity contribution in [1.29, 1.82) is 0 Å². The zero-order valence-corrected chi connectivity index (χ0v) is 9.07. The molecular formula is C9H10BrN3O. The SMILES string of the molecule is NC(C1=CCCO1)c1ncncc1Br. The van der Waals surface area contributed by atoms with Gasteiger partial charge in [0.2, 0.25) is 0 Å². The van der Waals surface area contributed by atoms with E-state index in [4.69, 9.17) is 10.5 Å². The first-order valence-electron chi connectivity index (χ1n) is 4.33. The van der Waals surface area contributed by atoms with E-state index in [1.165, 1.54) is 6.33 Å². The van der Waals surface area contributed by atoms with Crippen molar-refractivity contribution in [3.05, 3.63) is 34.5 Å². The fourth-order valence-corrected chi connectivity index (χ4v) is 1.81. The molecule has 1 atom stereocenters. The Morgan fingerprint density at radius 2 is 2.43 bits per heavy atom. The number of hydrogen-bond donors (Lipinski definition) is 1. The lowest BCUT2D eigenvalue weighted by Gasteiger charge is -2.13. The minimum Gasteiger partial charge on any atom is -0.496 e. The summed E-state index contributed by atoms with van der Waals surface area (Å²) in [6.45, 7) is 0.714. The summed E-state index contributed by atoms with van der Waals surface area (Å²) in [7, 11) is 0. The van der Waals surface area contributed by atoms with Crippen molar-refractivity contribution >= 4 is 15.9 Å². The van der Waals surface area contributed by atoms with Crippen LogP contribution in [-0.4, -0.2) is 16.6 Å². The largest absolute Gasteiger partial charge is 0.496 e. The molecule has 1 aliphatic rings. The highest BCUT2D eigenvalue weighted by atomic mass is 79.9. The molecule has 0 bridgehead atoms. The van der Waals surface area contributed by atoms with E-state index in [-0.39, 0.29) is 6.04 Å². The smallest absolute Gasteiger partial charge is 0.115 e. The highest BCUT2D eigenvalue weighted by Crippen LogP contribution is 2.26. The molecule has 1 aliphatic heterocycles. The average molecular weight is 256 g/mol. The van der Waals surface area contributed by atoms with Crippen LogP contribution in [0.4, 0.5) is 0 Å². The molecule has 2 rings (SSSR count). The molecule has 0 amide bonds. The molecule has 0 aromatic carbocycles. The number of halogens is 1. The molecule has 0 radical (unpaired) electrons. The molecule has 1 unspecified atom stereocenters. The van der Waals surface area contributed by atoms with Crippen LogP contribution < -0.4 is 5.73 Å². The van der Waals surface area contributed by atoms with E-state index in [0.717, 1.165) is 22.3 Å². The molecule has 0 fully saturated rings. The molecular weight excluding hydrogens is 246 g/mol. The molecule has 74 valence electrons. The monoisotopic (exact) mass is 255 g/mol. The molecule has 0 aliphatic carbocycles. The second-order valence-corrected chi connectivity index (χ2v) is 3.83. The van der Waals surface area contributed by atoms with E-state index in [1.807, 2.05) is 6.08 Å². The molecule has 5 heteroatoms. The molecule has 14 heavy (non-hydrogen) atoms. The summed E-state index contributed by atoms with van der Waals surface area (Å²) in [5.41, 5.74) is 6.75. The fraction of sp³-hybridized carbons (Fsp3) is 0.333. The molecule has 2 heterocycles. The van der Waals surface area contributed by atoms with Crippen LogP contribution in [0.5, 0.6) is 0 Å². The molecule has 1 aromatic heterocycles. The molecule has 2 N–H and O–H groups in total. The van der Waals surface area contributed by atoms with Crippen molar-refractivity contribution in [3.63, 3.8) is 0 Å². The van der Waals surface area contributed by atoms with Gasteiger partial charge in [0.05, 0.1) is 16.8 Å². The number of ether oxygens (including phenoxy) is 1. The summed E-state index contributed by atoms with van der Waals surface area (Å²) in [4.78, 5) is 8.00. The Bertz CT molecular complexity index is 367. The van der Waals surface area contributed by atoms with E-state index in [1.54, 1.807) is 6.20 Å². The number of nitrogens with zero attached hydrogens (tertiary/aromatic N) is 2. The van der Waals surface area contributed by atoms with Crippen LogP contribution in [0.15, 0.2) is 28.8 Å². The maximum Gasteiger partial charge on any atom is 0.115 e. The van der Waals surface area contributed by atoms with Gasteiger partial charge in [-0.15, -0.1) is 0 Å². The van der Waals surface area contributed by atoms with E-state index < -0.39 is 0 Å². The first-order chi connectivity index (χ1) is 6.79. The summed E-state index contributed by atoms with van der Waals surface area (Å²) >= 11 is 3.36. The van der Waals surface area contributed by atoms with E-state index in [0.29, 0.717) is 6.61 Å². The third-order valence-electron chi connectivity index (χ3n) is 2.03. The van der Waals surface area contributed by atoms with Crippen molar-refractivity contribution in [3.8, 4) is 0 Å². The van der Waals surface area contributed by atoms with Gasteiger partial charge >= 0.3 is 0 Å². The predicted molar refractivity (Wildman–Crippen MR) is 55.3 cm³/mol. The topological polar surface area (TPSA) is 61.0 Å². The zero-order valence-electron chi connectivity index (χ0n) is 7.48.